The first kappa shape index (κ1) is 16.4. The van der Waals surface area contributed by atoms with Crippen LogP contribution in [0.5, 0.6) is 0 Å². The number of anilines is 2. The van der Waals surface area contributed by atoms with Crippen LogP contribution in [0.2, 0.25) is 5.02 Å². The number of hydrogen-bond donors (Lipinski definition) is 2. The third-order valence-corrected chi connectivity index (χ3v) is 4.88. The van der Waals surface area contributed by atoms with Gasteiger partial charge in [-0.15, -0.1) is 0 Å². The molecule has 4 nitrogen and oxygen atoms in total. The van der Waals surface area contributed by atoms with E-state index < -0.39 is 10.0 Å². The Hall–Kier alpha value is -0.940. The minimum atomic E-state index is -3.31. The SMILES string of the molecule is CC1(C)CCC(Nc2ccc(NS(C)(=O)=O)c(Cl)c2)CC1. The van der Waals surface area contributed by atoms with Gasteiger partial charge in [-0.05, 0) is 49.3 Å². The molecule has 0 saturated heterocycles. The van der Waals surface area contributed by atoms with E-state index in [9.17, 15) is 8.42 Å². The Bertz CT molecular complexity index is 604. The average Bonchev–Trinajstić information content (AvgIpc) is 2.34. The van der Waals surface area contributed by atoms with Crippen molar-refractivity contribution in [3.63, 3.8) is 0 Å². The van der Waals surface area contributed by atoms with Crippen molar-refractivity contribution in [2.24, 2.45) is 5.41 Å². The molecule has 2 N–H and O–H groups in total. The minimum Gasteiger partial charge on any atom is -0.382 e. The zero-order valence-electron chi connectivity index (χ0n) is 12.7. The summed E-state index contributed by atoms with van der Waals surface area (Å²) in [5.41, 5.74) is 1.79. The molecule has 0 bridgehead atoms. The van der Waals surface area contributed by atoms with Crippen LogP contribution in [0.25, 0.3) is 0 Å². The molecular weight excluding hydrogens is 308 g/mol. The summed E-state index contributed by atoms with van der Waals surface area (Å²) in [7, 11) is -3.31. The summed E-state index contributed by atoms with van der Waals surface area (Å²) in [6, 6.07) is 5.79. The average molecular weight is 331 g/mol. The molecule has 1 aromatic carbocycles. The molecule has 0 heterocycles. The molecule has 0 aromatic heterocycles. The van der Waals surface area contributed by atoms with Gasteiger partial charge in [-0.3, -0.25) is 4.72 Å². The summed E-state index contributed by atoms with van der Waals surface area (Å²) in [5.74, 6) is 0. The Morgan fingerprint density at radius 3 is 2.38 bits per heavy atom. The zero-order valence-corrected chi connectivity index (χ0v) is 14.3. The van der Waals surface area contributed by atoms with E-state index in [0.29, 0.717) is 22.2 Å². The van der Waals surface area contributed by atoms with Crippen LogP contribution >= 0.6 is 11.6 Å². The fourth-order valence-corrected chi connectivity index (χ4v) is 3.53. The second-order valence-electron chi connectivity index (χ2n) is 6.65. The van der Waals surface area contributed by atoms with Crippen LogP contribution in [-0.2, 0) is 10.0 Å². The molecule has 0 unspecified atom stereocenters. The first-order chi connectivity index (χ1) is 9.65. The summed E-state index contributed by atoms with van der Waals surface area (Å²) in [6.45, 7) is 4.62. The van der Waals surface area contributed by atoms with E-state index in [1.54, 1.807) is 12.1 Å². The van der Waals surface area contributed by atoms with Crippen LogP contribution in [0.3, 0.4) is 0 Å². The van der Waals surface area contributed by atoms with Crippen molar-refractivity contribution in [2.45, 2.75) is 45.6 Å². The van der Waals surface area contributed by atoms with Crippen molar-refractivity contribution in [3.8, 4) is 0 Å². The van der Waals surface area contributed by atoms with E-state index in [4.69, 9.17) is 11.6 Å². The van der Waals surface area contributed by atoms with E-state index in [2.05, 4.69) is 23.9 Å². The first-order valence-corrected chi connectivity index (χ1v) is 9.45. The predicted octanol–water partition coefficient (Wildman–Crippen LogP) is 4.09. The molecule has 0 aliphatic heterocycles. The highest BCUT2D eigenvalue weighted by molar-refractivity contribution is 7.92. The van der Waals surface area contributed by atoms with Gasteiger partial charge in [0.2, 0.25) is 10.0 Å². The molecule has 21 heavy (non-hydrogen) atoms. The molecule has 0 amide bonds. The molecule has 0 radical (unpaired) electrons. The largest absolute Gasteiger partial charge is 0.382 e. The predicted molar refractivity (Wildman–Crippen MR) is 89.6 cm³/mol. The molecule has 1 saturated carbocycles. The van der Waals surface area contributed by atoms with E-state index in [-0.39, 0.29) is 0 Å². The third-order valence-electron chi connectivity index (χ3n) is 3.97. The summed E-state index contributed by atoms with van der Waals surface area (Å²) >= 11 is 6.13. The first-order valence-electron chi connectivity index (χ1n) is 7.19. The number of nitrogens with one attached hydrogen (secondary N) is 2. The number of benzene rings is 1. The maximum atomic E-state index is 11.2. The lowest BCUT2D eigenvalue weighted by atomic mass is 9.75. The van der Waals surface area contributed by atoms with Gasteiger partial charge in [0.1, 0.15) is 0 Å². The summed E-state index contributed by atoms with van der Waals surface area (Å²) in [6.07, 6.45) is 5.83. The quantitative estimate of drug-likeness (QED) is 0.874. The van der Waals surface area contributed by atoms with Crippen LogP contribution in [0.4, 0.5) is 11.4 Å². The van der Waals surface area contributed by atoms with Crippen molar-refractivity contribution >= 4 is 33.0 Å². The number of sulfonamides is 1. The molecule has 6 heteroatoms. The van der Waals surface area contributed by atoms with Crippen molar-refractivity contribution < 1.29 is 8.42 Å². The minimum absolute atomic E-state index is 0.404. The topological polar surface area (TPSA) is 58.2 Å². The van der Waals surface area contributed by atoms with E-state index in [1.807, 2.05) is 6.07 Å². The Balaban J connectivity index is 2.01. The number of hydrogen-bond acceptors (Lipinski definition) is 3. The lowest BCUT2D eigenvalue weighted by Crippen LogP contribution is -2.29. The van der Waals surface area contributed by atoms with Crippen molar-refractivity contribution in [3.05, 3.63) is 23.2 Å². The van der Waals surface area contributed by atoms with Gasteiger partial charge in [0.05, 0.1) is 17.0 Å². The summed E-state index contributed by atoms with van der Waals surface area (Å²) in [5, 5.41) is 3.89. The van der Waals surface area contributed by atoms with Crippen LogP contribution in [0.1, 0.15) is 39.5 Å². The number of rotatable bonds is 4. The summed E-state index contributed by atoms with van der Waals surface area (Å²) < 4.78 is 24.9. The lowest BCUT2D eigenvalue weighted by molar-refractivity contribution is 0.232. The third kappa shape index (κ3) is 5.08. The molecule has 1 fully saturated rings. The zero-order chi connectivity index (χ0) is 15.7. The summed E-state index contributed by atoms with van der Waals surface area (Å²) in [4.78, 5) is 0. The molecule has 0 spiro atoms. The monoisotopic (exact) mass is 330 g/mol. The van der Waals surface area contributed by atoms with Gasteiger partial charge in [-0.25, -0.2) is 8.42 Å². The van der Waals surface area contributed by atoms with Crippen molar-refractivity contribution in [2.75, 3.05) is 16.3 Å². The van der Waals surface area contributed by atoms with Gasteiger partial charge in [-0.1, -0.05) is 25.4 Å². The van der Waals surface area contributed by atoms with Gasteiger partial charge in [0.15, 0.2) is 0 Å². The Morgan fingerprint density at radius 2 is 1.86 bits per heavy atom. The van der Waals surface area contributed by atoms with Crippen molar-refractivity contribution in [1.82, 2.24) is 0 Å². The second kappa shape index (κ2) is 6.05. The second-order valence-corrected chi connectivity index (χ2v) is 8.81. The molecule has 1 aromatic rings. The fraction of sp³-hybridized carbons (Fsp3) is 0.600. The fourth-order valence-electron chi connectivity index (χ4n) is 2.67. The number of halogens is 1. The van der Waals surface area contributed by atoms with Crippen LogP contribution < -0.4 is 10.0 Å². The Kier molecular flexibility index (Phi) is 4.73. The van der Waals surface area contributed by atoms with Gasteiger partial charge < -0.3 is 5.32 Å². The highest BCUT2D eigenvalue weighted by atomic mass is 35.5. The maximum Gasteiger partial charge on any atom is 0.229 e. The van der Waals surface area contributed by atoms with Gasteiger partial charge in [-0.2, -0.15) is 0 Å². The van der Waals surface area contributed by atoms with Gasteiger partial charge in [0.25, 0.3) is 0 Å². The highest BCUT2D eigenvalue weighted by Gasteiger charge is 2.26. The molecule has 118 valence electrons. The lowest BCUT2D eigenvalue weighted by Gasteiger charge is -2.35. The molecule has 1 aliphatic rings. The van der Waals surface area contributed by atoms with E-state index in [1.165, 1.54) is 12.8 Å². The van der Waals surface area contributed by atoms with E-state index in [0.717, 1.165) is 24.8 Å². The van der Waals surface area contributed by atoms with E-state index >= 15 is 0 Å². The Morgan fingerprint density at radius 1 is 1.24 bits per heavy atom. The van der Waals surface area contributed by atoms with Gasteiger partial charge >= 0.3 is 0 Å². The molecule has 1 aliphatic carbocycles. The maximum absolute atomic E-state index is 11.2. The standard InChI is InChI=1S/C15H23ClN2O2S/c1-15(2)8-6-11(7-9-15)17-12-4-5-14(13(16)10-12)18-21(3,19)20/h4-5,10-11,17-18H,6-9H2,1-3H3. The molecule has 0 atom stereocenters. The smallest absolute Gasteiger partial charge is 0.229 e. The van der Waals surface area contributed by atoms with Crippen LogP contribution in [-0.4, -0.2) is 20.7 Å². The molecular formula is C15H23ClN2O2S. The Labute approximate surface area is 132 Å². The van der Waals surface area contributed by atoms with Gasteiger partial charge in [0, 0.05) is 11.7 Å². The van der Waals surface area contributed by atoms with Crippen LogP contribution in [0.15, 0.2) is 18.2 Å². The van der Waals surface area contributed by atoms with Crippen molar-refractivity contribution in [1.29, 1.82) is 0 Å². The molecule has 2 rings (SSSR count). The van der Waals surface area contributed by atoms with Crippen LogP contribution in [0, 0.1) is 5.41 Å². The normalized spacial score (nSPS) is 19.2. The highest BCUT2D eigenvalue weighted by Crippen LogP contribution is 2.36.